The normalized spacial score (nSPS) is 30.9. The van der Waals surface area contributed by atoms with Crippen LogP contribution in [0.15, 0.2) is 29.2 Å². The molecule has 1 amide bonds. The van der Waals surface area contributed by atoms with Crippen LogP contribution in [0.4, 0.5) is 0 Å². The third-order valence-electron chi connectivity index (χ3n) is 4.65. The Morgan fingerprint density at radius 1 is 1.21 bits per heavy atom. The molecular weight excluding hydrogens is 262 g/mol. The fourth-order valence-electron chi connectivity index (χ4n) is 3.53. The minimum Gasteiger partial charge on any atom is -0.350 e. The summed E-state index contributed by atoms with van der Waals surface area (Å²) in [5.74, 6) is 0.113. The lowest BCUT2D eigenvalue weighted by Gasteiger charge is -2.44. The molecule has 1 spiro atoms. The third-order valence-corrected chi connectivity index (χ3v) is 6.41. The van der Waals surface area contributed by atoms with Crippen LogP contribution in [0.5, 0.6) is 0 Å². The molecule has 1 atom stereocenters. The molecule has 3 rings (SSSR count). The van der Waals surface area contributed by atoms with E-state index in [0.29, 0.717) is 17.7 Å². The van der Waals surface area contributed by atoms with E-state index in [1.165, 1.54) is 0 Å². The average molecular weight is 279 g/mol. The molecule has 0 aliphatic carbocycles. The zero-order chi connectivity index (χ0) is 13.9. The number of hydrogen-bond acceptors (Lipinski definition) is 3. The topological polar surface area (TPSA) is 63.2 Å². The Kier molecular flexibility index (Phi) is 2.40. The molecule has 4 nitrogen and oxygen atoms in total. The van der Waals surface area contributed by atoms with E-state index in [2.05, 4.69) is 5.32 Å². The molecule has 1 aromatic carbocycles. The molecule has 2 aliphatic heterocycles. The molecule has 1 aromatic rings. The molecule has 2 aliphatic rings. The Bertz CT molecular complexity index is 663. The van der Waals surface area contributed by atoms with Crippen molar-refractivity contribution in [3.05, 3.63) is 29.8 Å². The second-order valence-corrected chi connectivity index (χ2v) is 8.07. The highest BCUT2D eigenvalue weighted by Gasteiger charge is 2.56. The van der Waals surface area contributed by atoms with Gasteiger partial charge in [-0.25, -0.2) is 8.42 Å². The Hall–Kier alpha value is -1.36. The summed E-state index contributed by atoms with van der Waals surface area (Å²) in [5.41, 5.74) is -0.0353. The largest absolute Gasteiger partial charge is 0.350 e. The molecule has 2 heterocycles. The summed E-state index contributed by atoms with van der Waals surface area (Å²) in [7, 11) is -3.21. The van der Waals surface area contributed by atoms with Gasteiger partial charge in [-0.3, -0.25) is 4.79 Å². The molecule has 0 radical (unpaired) electrons. The van der Waals surface area contributed by atoms with Gasteiger partial charge in [0.1, 0.15) is 0 Å². The van der Waals surface area contributed by atoms with E-state index >= 15 is 0 Å². The van der Waals surface area contributed by atoms with Crippen LogP contribution in [-0.4, -0.2) is 25.6 Å². The van der Waals surface area contributed by atoms with Crippen LogP contribution in [0.3, 0.4) is 0 Å². The van der Waals surface area contributed by atoms with E-state index in [0.717, 1.165) is 5.56 Å². The van der Waals surface area contributed by atoms with Crippen molar-refractivity contribution < 1.29 is 13.2 Å². The molecule has 1 N–H and O–H groups in total. The average Bonchev–Trinajstić information content (AvgIpc) is 2.55. The first kappa shape index (κ1) is 12.7. The van der Waals surface area contributed by atoms with E-state index < -0.39 is 20.8 Å². The minimum atomic E-state index is -3.21. The third kappa shape index (κ3) is 1.57. The molecule has 5 heteroatoms. The highest BCUT2D eigenvalue weighted by atomic mass is 32.2. The molecule has 102 valence electrons. The van der Waals surface area contributed by atoms with Crippen molar-refractivity contribution in [1.29, 1.82) is 0 Å². The first-order valence-electron chi connectivity index (χ1n) is 6.42. The van der Waals surface area contributed by atoms with Crippen molar-refractivity contribution in [2.24, 2.45) is 0 Å². The predicted octanol–water partition coefficient (Wildman–Crippen LogP) is 1.40. The van der Waals surface area contributed by atoms with Crippen molar-refractivity contribution in [2.45, 2.75) is 42.5 Å². The van der Waals surface area contributed by atoms with Gasteiger partial charge in [0, 0.05) is 17.4 Å². The number of carbonyl (C=O) groups is 1. The Labute approximate surface area is 113 Å². The van der Waals surface area contributed by atoms with E-state index in [1.54, 1.807) is 12.1 Å². The number of sulfone groups is 1. The van der Waals surface area contributed by atoms with Crippen molar-refractivity contribution in [2.75, 3.05) is 5.75 Å². The van der Waals surface area contributed by atoms with Crippen LogP contribution in [0.25, 0.3) is 0 Å². The summed E-state index contributed by atoms with van der Waals surface area (Å²) >= 11 is 0. The standard InChI is InChI=1S/C14H17NO3S/c1-13(2)14(9-12(16)15-13)7-8-19(17,18)11-6-4-3-5-10(11)14/h3-6H,7-9H2,1-2H3,(H,15,16). The monoisotopic (exact) mass is 279 g/mol. The molecule has 1 fully saturated rings. The smallest absolute Gasteiger partial charge is 0.221 e. The summed E-state index contributed by atoms with van der Waals surface area (Å²) in [5, 5.41) is 2.99. The SMILES string of the molecule is CC1(C)NC(=O)CC12CCS(=O)(=O)c1ccccc12. The quantitative estimate of drug-likeness (QED) is 0.781. The minimum absolute atomic E-state index is 0.000832. The lowest BCUT2D eigenvalue weighted by molar-refractivity contribution is -0.119. The summed E-state index contributed by atoms with van der Waals surface area (Å²) in [6.45, 7) is 3.96. The molecule has 0 aromatic heterocycles. The molecular formula is C14H17NO3S. The van der Waals surface area contributed by atoms with Crippen molar-refractivity contribution in [1.82, 2.24) is 5.32 Å². The molecule has 0 bridgehead atoms. The van der Waals surface area contributed by atoms with Crippen molar-refractivity contribution >= 4 is 15.7 Å². The number of amides is 1. The fraction of sp³-hybridized carbons (Fsp3) is 0.500. The van der Waals surface area contributed by atoms with Crippen molar-refractivity contribution in [3.8, 4) is 0 Å². The van der Waals surface area contributed by atoms with Gasteiger partial charge in [0.2, 0.25) is 5.91 Å². The van der Waals surface area contributed by atoms with Gasteiger partial charge in [-0.2, -0.15) is 0 Å². The predicted molar refractivity (Wildman–Crippen MR) is 71.6 cm³/mol. The van der Waals surface area contributed by atoms with Gasteiger partial charge in [0.25, 0.3) is 0 Å². The maximum Gasteiger partial charge on any atom is 0.221 e. The molecule has 1 unspecified atom stereocenters. The second kappa shape index (κ2) is 3.60. The van der Waals surface area contributed by atoms with Gasteiger partial charge in [-0.15, -0.1) is 0 Å². The summed E-state index contributed by atoms with van der Waals surface area (Å²) < 4.78 is 24.4. The van der Waals surface area contributed by atoms with E-state index in [-0.39, 0.29) is 11.7 Å². The second-order valence-electron chi connectivity index (χ2n) is 6.00. The summed E-state index contributed by atoms with van der Waals surface area (Å²) in [6, 6.07) is 7.10. The van der Waals surface area contributed by atoms with Gasteiger partial charge in [0.05, 0.1) is 10.6 Å². The van der Waals surface area contributed by atoms with Gasteiger partial charge in [0.15, 0.2) is 9.84 Å². The highest BCUT2D eigenvalue weighted by Crippen LogP contribution is 2.50. The first-order valence-corrected chi connectivity index (χ1v) is 8.07. The number of rotatable bonds is 0. The molecule has 0 saturated carbocycles. The van der Waals surface area contributed by atoms with Gasteiger partial charge in [-0.05, 0) is 31.9 Å². The summed E-state index contributed by atoms with van der Waals surface area (Å²) in [4.78, 5) is 12.2. The first-order chi connectivity index (χ1) is 8.79. The van der Waals surface area contributed by atoms with E-state index in [4.69, 9.17) is 0 Å². The zero-order valence-corrected chi connectivity index (χ0v) is 11.9. The lowest BCUT2D eigenvalue weighted by Crippen LogP contribution is -2.52. The van der Waals surface area contributed by atoms with Crippen LogP contribution in [0, 0.1) is 0 Å². The maximum absolute atomic E-state index is 12.2. The van der Waals surface area contributed by atoms with Crippen LogP contribution in [0.1, 0.15) is 32.3 Å². The van der Waals surface area contributed by atoms with Crippen LogP contribution >= 0.6 is 0 Å². The van der Waals surface area contributed by atoms with Gasteiger partial charge < -0.3 is 5.32 Å². The number of carbonyl (C=O) groups excluding carboxylic acids is 1. The van der Waals surface area contributed by atoms with Gasteiger partial charge in [-0.1, -0.05) is 18.2 Å². The maximum atomic E-state index is 12.2. The zero-order valence-electron chi connectivity index (χ0n) is 11.1. The molecule has 19 heavy (non-hydrogen) atoms. The highest BCUT2D eigenvalue weighted by molar-refractivity contribution is 7.91. The number of fused-ring (bicyclic) bond motifs is 2. The Balaban J connectivity index is 2.30. The Morgan fingerprint density at radius 2 is 1.89 bits per heavy atom. The van der Waals surface area contributed by atoms with Crippen LogP contribution in [0.2, 0.25) is 0 Å². The van der Waals surface area contributed by atoms with E-state index in [1.807, 2.05) is 26.0 Å². The van der Waals surface area contributed by atoms with E-state index in [9.17, 15) is 13.2 Å². The van der Waals surface area contributed by atoms with Crippen LogP contribution < -0.4 is 5.32 Å². The number of hydrogen-bond donors (Lipinski definition) is 1. The number of benzene rings is 1. The lowest BCUT2D eigenvalue weighted by atomic mass is 9.65. The van der Waals surface area contributed by atoms with Gasteiger partial charge >= 0.3 is 0 Å². The Morgan fingerprint density at radius 3 is 2.53 bits per heavy atom. The van der Waals surface area contributed by atoms with Crippen molar-refractivity contribution in [3.63, 3.8) is 0 Å². The molecule has 1 saturated heterocycles. The van der Waals surface area contributed by atoms with Crippen LogP contribution in [-0.2, 0) is 20.0 Å². The summed E-state index contributed by atoms with van der Waals surface area (Å²) in [6.07, 6.45) is 0.866. The fourth-order valence-corrected chi connectivity index (χ4v) is 5.25. The number of nitrogens with one attached hydrogen (secondary N) is 1.